The Balaban J connectivity index is 2.16. The highest BCUT2D eigenvalue weighted by atomic mass is 35.5. The van der Waals surface area contributed by atoms with E-state index in [0.717, 1.165) is 22.0 Å². The van der Waals surface area contributed by atoms with E-state index in [9.17, 15) is 4.79 Å². The molecule has 0 amide bonds. The van der Waals surface area contributed by atoms with Gasteiger partial charge in [-0.3, -0.25) is 4.79 Å². The lowest BCUT2D eigenvalue weighted by molar-refractivity contribution is 0.104. The highest BCUT2D eigenvalue weighted by molar-refractivity contribution is 6.32. The van der Waals surface area contributed by atoms with E-state index in [0.29, 0.717) is 16.1 Å². The number of aromatic amines is 1. The summed E-state index contributed by atoms with van der Waals surface area (Å²) in [6.45, 7) is 3.90. The Kier molecular flexibility index (Phi) is 3.11. The number of ketones is 1. The fourth-order valence-corrected chi connectivity index (χ4v) is 2.60. The maximum absolute atomic E-state index is 12.7. The molecule has 1 N–H and O–H groups in total. The minimum absolute atomic E-state index is 0.0000954. The van der Waals surface area contributed by atoms with Crippen LogP contribution in [-0.2, 0) is 0 Å². The zero-order chi connectivity index (χ0) is 14.3. The van der Waals surface area contributed by atoms with Gasteiger partial charge in [0.2, 0.25) is 0 Å². The van der Waals surface area contributed by atoms with Gasteiger partial charge in [0.1, 0.15) is 0 Å². The summed E-state index contributed by atoms with van der Waals surface area (Å²) >= 11 is 6.10. The lowest BCUT2D eigenvalue weighted by Gasteiger charge is -2.05. The largest absolute Gasteiger partial charge is 0.360 e. The Hall–Kier alpha value is -2.06. The molecule has 3 rings (SSSR count). The highest BCUT2D eigenvalue weighted by Gasteiger charge is 2.16. The number of benzene rings is 2. The smallest absolute Gasteiger partial charge is 0.195 e. The molecule has 0 aliphatic heterocycles. The number of rotatable bonds is 2. The van der Waals surface area contributed by atoms with Crippen LogP contribution >= 0.6 is 11.6 Å². The van der Waals surface area contributed by atoms with Crippen molar-refractivity contribution in [2.45, 2.75) is 13.8 Å². The summed E-state index contributed by atoms with van der Waals surface area (Å²) in [6.07, 6.45) is 1.77. The summed E-state index contributed by atoms with van der Waals surface area (Å²) in [7, 11) is 0. The van der Waals surface area contributed by atoms with Gasteiger partial charge in [-0.25, -0.2) is 0 Å². The van der Waals surface area contributed by atoms with Crippen molar-refractivity contribution in [2.24, 2.45) is 0 Å². The summed E-state index contributed by atoms with van der Waals surface area (Å²) in [5.41, 5.74) is 4.30. The van der Waals surface area contributed by atoms with Crippen LogP contribution in [0.2, 0.25) is 5.02 Å². The molecular formula is C17H14ClNO. The summed E-state index contributed by atoms with van der Waals surface area (Å²) in [6, 6.07) is 11.5. The molecule has 3 heteroatoms. The molecule has 2 aromatic carbocycles. The zero-order valence-electron chi connectivity index (χ0n) is 11.3. The van der Waals surface area contributed by atoms with Crippen LogP contribution < -0.4 is 0 Å². The third kappa shape index (κ3) is 2.02. The fraction of sp³-hybridized carbons (Fsp3) is 0.118. The first kappa shape index (κ1) is 12.9. The minimum Gasteiger partial charge on any atom is -0.360 e. The van der Waals surface area contributed by atoms with Crippen molar-refractivity contribution in [3.63, 3.8) is 0 Å². The second kappa shape index (κ2) is 4.80. The van der Waals surface area contributed by atoms with Crippen molar-refractivity contribution in [3.05, 3.63) is 69.9 Å². The van der Waals surface area contributed by atoms with Crippen molar-refractivity contribution in [1.29, 1.82) is 0 Å². The Morgan fingerprint density at radius 3 is 2.70 bits per heavy atom. The van der Waals surface area contributed by atoms with E-state index >= 15 is 0 Å². The Labute approximate surface area is 122 Å². The molecule has 0 unspecified atom stereocenters. The van der Waals surface area contributed by atoms with Crippen LogP contribution in [0.5, 0.6) is 0 Å². The molecule has 0 atom stereocenters. The molecule has 0 bridgehead atoms. The van der Waals surface area contributed by atoms with Crippen LogP contribution in [0, 0.1) is 13.8 Å². The maximum atomic E-state index is 12.7. The van der Waals surface area contributed by atoms with E-state index < -0.39 is 0 Å². The molecule has 100 valence electrons. The Bertz CT molecular complexity index is 817. The molecule has 1 aromatic heterocycles. The van der Waals surface area contributed by atoms with Crippen molar-refractivity contribution < 1.29 is 4.79 Å². The van der Waals surface area contributed by atoms with E-state index in [1.807, 2.05) is 44.2 Å². The van der Waals surface area contributed by atoms with E-state index in [4.69, 9.17) is 11.6 Å². The number of hydrogen-bond acceptors (Lipinski definition) is 1. The topological polar surface area (TPSA) is 32.9 Å². The lowest BCUT2D eigenvalue weighted by atomic mass is 9.98. The van der Waals surface area contributed by atoms with E-state index in [1.165, 1.54) is 0 Å². The van der Waals surface area contributed by atoms with Gasteiger partial charge in [-0.05, 0) is 37.1 Å². The molecule has 2 nitrogen and oxygen atoms in total. The average molecular weight is 284 g/mol. The number of halogens is 1. The third-order valence-electron chi connectivity index (χ3n) is 3.59. The zero-order valence-corrected chi connectivity index (χ0v) is 12.1. The molecular weight excluding hydrogens is 270 g/mol. The predicted molar refractivity (Wildman–Crippen MR) is 82.7 cm³/mol. The molecule has 0 radical (unpaired) electrons. The van der Waals surface area contributed by atoms with E-state index in [1.54, 1.807) is 12.3 Å². The number of fused-ring (bicyclic) bond motifs is 1. The normalized spacial score (nSPS) is 10.9. The van der Waals surface area contributed by atoms with Gasteiger partial charge in [0.25, 0.3) is 0 Å². The molecule has 0 aliphatic carbocycles. The quantitative estimate of drug-likeness (QED) is 0.681. The van der Waals surface area contributed by atoms with Crippen LogP contribution in [0.4, 0.5) is 0 Å². The molecule has 0 saturated carbocycles. The SMILES string of the molecule is Cc1ccc2c(C(=O)c3cccc(Cl)c3C)c[nH]c2c1. The van der Waals surface area contributed by atoms with Crippen LogP contribution in [0.25, 0.3) is 10.9 Å². The van der Waals surface area contributed by atoms with Gasteiger partial charge < -0.3 is 4.98 Å². The Morgan fingerprint density at radius 1 is 1.10 bits per heavy atom. The average Bonchev–Trinajstić information content (AvgIpc) is 2.84. The van der Waals surface area contributed by atoms with Gasteiger partial charge in [-0.1, -0.05) is 35.9 Å². The summed E-state index contributed by atoms with van der Waals surface area (Å²) in [5.74, 6) is 0.0000954. The first-order valence-corrected chi connectivity index (χ1v) is 6.83. The molecule has 20 heavy (non-hydrogen) atoms. The number of carbonyl (C=O) groups excluding carboxylic acids is 1. The molecule has 0 aliphatic rings. The van der Waals surface area contributed by atoms with Crippen LogP contribution in [0.1, 0.15) is 27.0 Å². The first-order chi connectivity index (χ1) is 9.58. The maximum Gasteiger partial charge on any atom is 0.195 e. The summed E-state index contributed by atoms with van der Waals surface area (Å²) < 4.78 is 0. The van der Waals surface area contributed by atoms with Gasteiger partial charge in [-0.15, -0.1) is 0 Å². The van der Waals surface area contributed by atoms with Gasteiger partial charge >= 0.3 is 0 Å². The molecule has 0 fully saturated rings. The number of hydrogen-bond donors (Lipinski definition) is 1. The summed E-state index contributed by atoms with van der Waals surface area (Å²) in [5, 5.41) is 1.56. The van der Waals surface area contributed by atoms with Crippen LogP contribution in [-0.4, -0.2) is 10.8 Å². The molecule has 0 saturated heterocycles. The van der Waals surface area contributed by atoms with Crippen molar-refractivity contribution in [1.82, 2.24) is 4.98 Å². The second-order valence-corrected chi connectivity index (χ2v) is 5.40. The van der Waals surface area contributed by atoms with E-state index in [2.05, 4.69) is 4.98 Å². The first-order valence-electron chi connectivity index (χ1n) is 6.45. The molecule has 0 spiro atoms. The van der Waals surface area contributed by atoms with Gasteiger partial charge in [-0.2, -0.15) is 0 Å². The number of carbonyl (C=O) groups is 1. The van der Waals surface area contributed by atoms with Crippen molar-refractivity contribution in [2.75, 3.05) is 0 Å². The van der Waals surface area contributed by atoms with Crippen molar-refractivity contribution >= 4 is 28.3 Å². The second-order valence-electron chi connectivity index (χ2n) is 4.99. The fourth-order valence-electron chi connectivity index (χ4n) is 2.43. The number of H-pyrrole nitrogens is 1. The monoisotopic (exact) mass is 283 g/mol. The van der Waals surface area contributed by atoms with E-state index in [-0.39, 0.29) is 5.78 Å². The van der Waals surface area contributed by atoms with Crippen LogP contribution in [0.15, 0.2) is 42.6 Å². The molecule has 3 aromatic rings. The van der Waals surface area contributed by atoms with Gasteiger partial charge in [0.05, 0.1) is 0 Å². The third-order valence-corrected chi connectivity index (χ3v) is 4.00. The number of nitrogens with one attached hydrogen (secondary N) is 1. The highest BCUT2D eigenvalue weighted by Crippen LogP contribution is 2.25. The summed E-state index contributed by atoms with van der Waals surface area (Å²) in [4.78, 5) is 15.9. The standard InChI is InChI=1S/C17H14ClNO/c1-10-6-7-13-14(9-19-16(13)8-10)17(20)12-4-3-5-15(18)11(12)2/h3-9,19H,1-2H3. The van der Waals surface area contributed by atoms with Crippen molar-refractivity contribution in [3.8, 4) is 0 Å². The lowest BCUT2D eigenvalue weighted by Crippen LogP contribution is -2.03. The number of aromatic nitrogens is 1. The van der Waals surface area contributed by atoms with Crippen LogP contribution in [0.3, 0.4) is 0 Å². The molecule has 1 heterocycles. The van der Waals surface area contributed by atoms with Gasteiger partial charge in [0, 0.05) is 33.2 Å². The number of aryl methyl sites for hydroxylation is 1. The Morgan fingerprint density at radius 2 is 1.90 bits per heavy atom. The minimum atomic E-state index is 0.0000954. The van der Waals surface area contributed by atoms with Gasteiger partial charge in [0.15, 0.2) is 5.78 Å². The predicted octanol–water partition coefficient (Wildman–Crippen LogP) is 4.67.